The third-order valence-electron chi connectivity index (χ3n) is 2.93. The molecule has 2 N–H and O–H groups in total. The van der Waals surface area contributed by atoms with Crippen molar-refractivity contribution >= 4 is 5.69 Å². The number of rotatable bonds is 8. The lowest BCUT2D eigenvalue weighted by molar-refractivity contribution is 0.135. The van der Waals surface area contributed by atoms with E-state index in [2.05, 4.69) is 18.7 Å². The van der Waals surface area contributed by atoms with E-state index in [0.29, 0.717) is 5.92 Å². The number of hydrogen-bond donors (Lipinski definition) is 1. The lowest BCUT2D eigenvalue weighted by Gasteiger charge is -2.25. The van der Waals surface area contributed by atoms with E-state index in [1.165, 1.54) is 0 Å². The number of anilines is 1. The quantitative estimate of drug-likeness (QED) is 0.734. The van der Waals surface area contributed by atoms with Crippen LogP contribution in [0.15, 0.2) is 18.2 Å². The zero-order valence-electron chi connectivity index (χ0n) is 12.5. The maximum absolute atomic E-state index is 5.86. The summed E-state index contributed by atoms with van der Waals surface area (Å²) in [4.78, 5) is 2.37. The van der Waals surface area contributed by atoms with Gasteiger partial charge in [-0.25, -0.2) is 0 Å². The SMILES string of the molecule is COCCN(Cc1cc(N)ccc1OC)CC(C)C. The Hall–Kier alpha value is -1.26. The van der Waals surface area contributed by atoms with Crippen LogP contribution < -0.4 is 10.5 Å². The molecule has 0 spiro atoms. The largest absolute Gasteiger partial charge is 0.496 e. The van der Waals surface area contributed by atoms with Crippen LogP contribution in [0.4, 0.5) is 5.69 Å². The van der Waals surface area contributed by atoms with Gasteiger partial charge < -0.3 is 15.2 Å². The van der Waals surface area contributed by atoms with Gasteiger partial charge in [-0.2, -0.15) is 0 Å². The highest BCUT2D eigenvalue weighted by atomic mass is 16.5. The van der Waals surface area contributed by atoms with Crippen LogP contribution in [0.5, 0.6) is 5.75 Å². The first-order valence-electron chi connectivity index (χ1n) is 6.70. The molecular weight excluding hydrogens is 240 g/mol. The summed E-state index contributed by atoms with van der Waals surface area (Å²) in [5.41, 5.74) is 7.76. The second-order valence-corrected chi connectivity index (χ2v) is 5.19. The molecule has 0 bridgehead atoms. The van der Waals surface area contributed by atoms with Gasteiger partial charge in [-0.1, -0.05) is 13.8 Å². The van der Waals surface area contributed by atoms with Crippen molar-refractivity contribution in [1.29, 1.82) is 0 Å². The average Bonchev–Trinajstić information content (AvgIpc) is 2.35. The summed E-state index contributed by atoms with van der Waals surface area (Å²) in [6.45, 7) is 7.94. The van der Waals surface area contributed by atoms with Crippen molar-refractivity contribution in [3.05, 3.63) is 23.8 Å². The molecule has 0 amide bonds. The van der Waals surface area contributed by atoms with Gasteiger partial charge in [0.2, 0.25) is 0 Å². The van der Waals surface area contributed by atoms with E-state index in [9.17, 15) is 0 Å². The van der Waals surface area contributed by atoms with Crippen LogP contribution in [0.1, 0.15) is 19.4 Å². The van der Waals surface area contributed by atoms with Gasteiger partial charge in [0.05, 0.1) is 13.7 Å². The molecule has 0 radical (unpaired) electrons. The van der Waals surface area contributed by atoms with Crippen LogP contribution in [-0.2, 0) is 11.3 Å². The number of nitrogens with two attached hydrogens (primary N) is 1. The van der Waals surface area contributed by atoms with Crippen LogP contribution >= 0.6 is 0 Å². The predicted molar refractivity (Wildman–Crippen MR) is 79.4 cm³/mol. The van der Waals surface area contributed by atoms with E-state index in [1.807, 2.05) is 18.2 Å². The molecule has 0 atom stereocenters. The smallest absolute Gasteiger partial charge is 0.123 e. The molecule has 0 unspecified atom stereocenters. The molecule has 1 aromatic rings. The molecule has 4 nitrogen and oxygen atoms in total. The molecule has 19 heavy (non-hydrogen) atoms. The van der Waals surface area contributed by atoms with Crippen LogP contribution in [-0.4, -0.2) is 38.8 Å². The normalized spacial score (nSPS) is 11.3. The summed E-state index contributed by atoms with van der Waals surface area (Å²) in [7, 11) is 3.42. The minimum absolute atomic E-state index is 0.615. The fraction of sp³-hybridized carbons (Fsp3) is 0.600. The lowest BCUT2D eigenvalue weighted by atomic mass is 10.1. The molecule has 0 aliphatic rings. The number of methoxy groups -OCH3 is 2. The highest BCUT2D eigenvalue weighted by molar-refractivity contribution is 5.47. The van der Waals surface area contributed by atoms with Crippen LogP contribution in [0.25, 0.3) is 0 Å². The molecule has 0 aliphatic carbocycles. The Morgan fingerprint density at radius 1 is 1.26 bits per heavy atom. The Balaban J connectivity index is 2.78. The standard InChI is InChI=1S/C15H26N2O2/c1-12(2)10-17(7-8-18-3)11-13-9-14(16)5-6-15(13)19-4/h5-6,9,12H,7-8,10-11,16H2,1-4H3. The first kappa shape index (κ1) is 15.8. The molecular formula is C15H26N2O2. The molecule has 1 rings (SSSR count). The van der Waals surface area contributed by atoms with Crippen LogP contribution in [0.2, 0.25) is 0 Å². The summed E-state index contributed by atoms with van der Waals surface area (Å²) < 4.78 is 10.6. The minimum atomic E-state index is 0.615. The van der Waals surface area contributed by atoms with Gasteiger partial charge in [-0.05, 0) is 24.1 Å². The van der Waals surface area contributed by atoms with Crippen molar-refractivity contribution < 1.29 is 9.47 Å². The molecule has 0 fully saturated rings. The van der Waals surface area contributed by atoms with E-state index >= 15 is 0 Å². The van der Waals surface area contributed by atoms with E-state index in [4.69, 9.17) is 15.2 Å². The predicted octanol–water partition coefficient (Wildman–Crippen LogP) is 2.38. The second kappa shape index (κ2) is 8.02. The fourth-order valence-electron chi connectivity index (χ4n) is 2.13. The number of hydrogen-bond acceptors (Lipinski definition) is 4. The molecule has 0 saturated carbocycles. The molecule has 0 heterocycles. The maximum Gasteiger partial charge on any atom is 0.123 e. The molecule has 0 aromatic heterocycles. The summed E-state index contributed by atoms with van der Waals surface area (Å²) in [5.74, 6) is 1.50. The molecule has 0 aliphatic heterocycles. The highest BCUT2D eigenvalue weighted by Gasteiger charge is 2.11. The molecule has 1 aromatic carbocycles. The van der Waals surface area contributed by atoms with E-state index in [1.54, 1.807) is 14.2 Å². The monoisotopic (exact) mass is 266 g/mol. The Labute approximate surface area is 116 Å². The number of nitrogens with zero attached hydrogens (tertiary/aromatic N) is 1. The average molecular weight is 266 g/mol. The Morgan fingerprint density at radius 3 is 2.58 bits per heavy atom. The highest BCUT2D eigenvalue weighted by Crippen LogP contribution is 2.23. The Morgan fingerprint density at radius 2 is 2.00 bits per heavy atom. The Bertz CT molecular complexity index is 380. The summed E-state index contributed by atoms with van der Waals surface area (Å²) in [5, 5.41) is 0. The van der Waals surface area contributed by atoms with Crippen LogP contribution in [0, 0.1) is 5.92 Å². The zero-order valence-corrected chi connectivity index (χ0v) is 12.5. The Kier molecular flexibility index (Phi) is 6.67. The number of nitrogen functional groups attached to an aromatic ring is 1. The van der Waals surface area contributed by atoms with Crippen molar-refractivity contribution in [1.82, 2.24) is 4.90 Å². The van der Waals surface area contributed by atoms with E-state index < -0.39 is 0 Å². The van der Waals surface area contributed by atoms with Crippen molar-refractivity contribution in [2.45, 2.75) is 20.4 Å². The van der Waals surface area contributed by atoms with E-state index in [-0.39, 0.29) is 0 Å². The maximum atomic E-state index is 5.86. The minimum Gasteiger partial charge on any atom is -0.496 e. The summed E-state index contributed by atoms with van der Waals surface area (Å²) in [6, 6.07) is 5.78. The van der Waals surface area contributed by atoms with Gasteiger partial charge in [0, 0.05) is 38.0 Å². The van der Waals surface area contributed by atoms with Crippen molar-refractivity contribution in [3.63, 3.8) is 0 Å². The third-order valence-corrected chi connectivity index (χ3v) is 2.93. The topological polar surface area (TPSA) is 47.7 Å². The summed E-state index contributed by atoms with van der Waals surface area (Å²) in [6.07, 6.45) is 0. The first-order valence-corrected chi connectivity index (χ1v) is 6.70. The van der Waals surface area contributed by atoms with Crippen molar-refractivity contribution in [3.8, 4) is 5.75 Å². The van der Waals surface area contributed by atoms with Gasteiger partial charge in [-0.3, -0.25) is 4.90 Å². The zero-order chi connectivity index (χ0) is 14.3. The third kappa shape index (κ3) is 5.49. The fourth-order valence-corrected chi connectivity index (χ4v) is 2.13. The van der Waals surface area contributed by atoms with E-state index in [0.717, 1.165) is 43.2 Å². The van der Waals surface area contributed by atoms with Crippen LogP contribution in [0.3, 0.4) is 0 Å². The number of ether oxygens (including phenoxy) is 2. The van der Waals surface area contributed by atoms with Gasteiger partial charge in [-0.15, -0.1) is 0 Å². The van der Waals surface area contributed by atoms with Gasteiger partial charge in [0.1, 0.15) is 5.75 Å². The van der Waals surface area contributed by atoms with Gasteiger partial charge in [0.15, 0.2) is 0 Å². The molecule has 108 valence electrons. The van der Waals surface area contributed by atoms with Crippen molar-refractivity contribution in [2.24, 2.45) is 5.92 Å². The number of benzene rings is 1. The molecule has 4 heteroatoms. The van der Waals surface area contributed by atoms with Gasteiger partial charge >= 0.3 is 0 Å². The second-order valence-electron chi connectivity index (χ2n) is 5.19. The van der Waals surface area contributed by atoms with Gasteiger partial charge in [0.25, 0.3) is 0 Å². The molecule has 0 saturated heterocycles. The summed E-state index contributed by atoms with van der Waals surface area (Å²) >= 11 is 0. The lowest BCUT2D eigenvalue weighted by Crippen LogP contribution is -2.30. The van der Waals surface area contributed by atoms with Crippen molar-refractivity contribution in [2.75, 3.05) is 39.6 Å². The first-order chi connectivity index (χ1) is 9.06.